The number of urea groups is 1. The standard InChI is InChI=1S/C28H26ClN3O6S/c29-23-24(38-15-22(33)34)26(27(35)36)39-25(23)18-8-4-9-20(12-18)32(28(31)37)14-16-5-3-7-17(11-16)21-10-2-1-6-19(21)13-30/h1-2,4,6,8-10,12,16-17H,3,5,7,11,14-15H2,(H2,31,37)(H,33,34)(H,35,36). The Labute approximate surface area is 234 Å². The fraction of sp³-hybridized carbons (Fsp3) is 0.286. The molecule has 2 amide bonds. The van der Waals surface area contributed by atoms with Gasteiger partial charge in [-0.1, -0.05) is 48.4 Å². The van der Waals surface area contributed by atoms with Gasteiger partial charge in [0, 0.05) is 12.2 Å². The zero-order chi connectivity index (χ0) is 28.1. The van der Waals surface area contributed by atoms with E-state index < -0.39 is 24.6 Å². The summed E-state index contributed by atoms with van der Waals surface area (Å²) in [4.78, 5) is 36.9. The fourth-order valence-electron chi connectivity index (χ4n) is 5.08. The van der Waals surface area contributed by atoms with Gasteiger partial charge in [-0.3, -0.25) is 4.90 Å². The Morgan fingerprint density at radius 3 is 2.62 bits per heavy atom. The number of aliphatic carboxylic acids is 1. The average molecular weight is 568 g/mol. The van der Waals surface area contributed by atoms with Crippen LogP contribution in [0.3, 0.4) is 0 Å². The van der Waals surface area contributed by atoms with Crippen molar-refractivity contribution in [2.45, 2.75) is 31.6 Å². The number of nitrogens with two attached hydrogens (primary N) is 1. The second kappa shape index (κ2) is 12.2. The number of halogens is 1. The summed E-state index contributed by atoms with van der Waals surface area (Å²) >= 11 is 7.30. The third-order valence-corrected chi connectivity index (χ3v) is 8.45. The number of aromatic carboxylic acids is 1. The Hall–Kier alpha value is -4.07. The number of hydrogen-bond acceptors (Lipinski definition) is 6. The molecule has 9 nitrogen and oxygen atoms in total. The van der Waals surface area contributed by atoms with Crippen LogP contribution in [0.2, 0.25) is 5.02 Å². The SMILES string of the molecule is N#Cc1ccccc1C1CCCC(CN(C(N)=O)c2cccc(-c3sc(C(=O)O)c(OCC(=O)O)c3Cl)c2)C1. The smallest absolute Gasteiger partial charge is 0.349 e. The van der Waals surface area contributed by atoms with E-state index in [0.717, 1.165) is 42.6 Å². The largest absolute Gasteiger partial charge is 0.479 e. The number of ether oxygens (including phenoxy) is 1. The fourth-order valence-corrected chi connectivity index (χ4v) is 6.48. The van der Waals surface area contributed by atoms with E-state index in [9.17, 15) is 24.8 Å². The number of thiophene rings is 1. The molecule has 1 aliphatic carbocycles. The maximum atomic E-state index is 12.6. The van der Waals surface area contributed by atoms with Gasteiger partial charge in [0.15, 0.2) is 17.2 Å². The third kappa shape index (κ3) is 6.33. The number of carbonyl (C=O) groups is 3. The monoisotopic (exact) mass is 567 g/mol. The summed E-state index contributed by atoms with van der Waals surface area (Å²) in [6, 6.07) is 16.1. The molecule has 0 aliphatic heterocycles. The first kappa shape index (κ1) is 28.0. The number of anilines is 1. The van der Waals surface area contributed by atoms with Crippen LogP contribution in [0.4, 0.5) is 10.5 Å². The molecule has 0 bridgehead atoms. The Bertz CT molecular complexity index is 1450. The number of rotatable bonds is 9. The molecule has 3 aromatic rings. The van der Waals surface area contributed by atoms with E-state index >= 15 is 0 Å². The summed E-state index contributed by atoms with van der Waals surface area (Å²) < 4.78 is 5.17. The predicted octanol–water partition coefficient (Wildman–Crippen LogP) is 5.96. The van der Waals surface area contributed by atoms with Crippen LogP contribution in [0.1, 0.15) is 52.4 Å². The molecule has 1 saturated carbocycles. The van der Waals surface area contributed by atoms with Crippen molar-refractivity contribution in [3.05, 3.63) is 69.6 Å². The summed E-state index contributed by atoms with van der Waals surface area (Å²) in [7, 11) is 0. The Morgan fingerprint density at radius 2 is 1.92 bits per heavy atom. The molecule has 4 N–H and O–H groups in total. The number of amides is 2. The van der Waals surface area contributed by atoms with Gasteiger partial charge in [0.1, 0.15) is 5.02 Å². The van der Waals surface area contributed by atoms with Gasteiger partial charge in [-0.15, -0.1) is 11.3 Å². The van der Waals surface area contributed by atoms with Gasteiger partial charge in [-0.05, 0) is 60.4 Å². The number of primary amides is 1. The molecule has 2 aromatic carbocycles. The van der Waals surface area contributed by atoms with Gasteiger partial charge in [-0.2, -0.15) is 5.26 Å². The second-order valence-corrected chi connectivity index (χ2v) is 10.7. The van der Waals surface area contributed by atoms with E-state index in [2.05, 4.69) is 6.07 Å². The summed E-state index contributed by atoms with van der Waals surface area (Å²) in [6.07, 6.45) is 3.66. The number of nitrogens with zero attached hydrogens (tertiary/aromatic N) is 2. The molecule has 0 saturated heterocycles. The average Bonchev–Trinajstić information content (AvgIpc) is 3.26. The number of benzene rings is 2. The molecule has 202 valence electrons. The lowest BCUT2D eigenvalue weighted by atomic mass is 9.76. The highest BCUT2D eigenvalue weighted by atomic mass is 35.5. The minimum Gasteiger partial charge on any atom is -0.479 e. The van der Waals surface area contributed by atoms with Crippen molar-refractivity contribution in [2.24, 2.45) is 11.7 Å². The van der Waals surface area contributed by atoms with Crippen molar-refractivity contribution in [1.82, 2.24) is 0 Å². The van der Waals surface area contributed by atoms with Gasteiger partial charge in [-0.25, -0.2) is 14.4 Å². The van der Waals surface area contributed by atoms with E-state index in [1.807, 2.05) is 24.3 Å². The van der Waals surface area contributed by atoms with Gasteiger partial charge < -0.3 is 20.7 Å². The molecule has 0 radical (unpaired) electrons. The minimum absolute atomic E-state index is 0.0206. The highest BCUT2D eigenvalue weighted by Crippen LogP contribution is 2.46. The molecule has 1 heterocycles. The molecule has 4 rings (SSSR count). The van der Waals surface area contributed by atoms with Gasteiger partial charge >= 0.3 is 18.0 Å². The van der Waals surface area contributed by atoms with Crippen LogP contribution in [0, 0.1) is 17.2 Å². The zero-order valence-electron chi connectivity index (χ0n) is 20.8. The van der Waals surface area contributed by atoms with Crippen LogP contribution in [-0.2, 0) is 4.79 Å². The van der Waals surface area contributed by atoms with Crippen LogP contribution < -0.4 is 15.4 Å². The topological polar surface area (TPSA) is 154 Å². The van der Waals surface area contributed by atoms with Crippen molar-refractivity contribution < 1.29 is 29.3 Å². The Morgan fingerprint density at radius 1 is 1.15 bits per heavy atom. The molecule has 11 heteroatoms. The molecule has 2 atom stereocenters. The normalized spacial score (nSPS) is 16.7. The highest BCUT2D eigenvalue weighted by Gasteiger charge is 2.29. The lowest BCUT2D eigenvalue weighted by molar-refractivity contribution is -0.139. The number of carboxylic acids is 2. The van der Waals surface area contributed by atoms with Crippen LogP contribution in [0.15, 0.2) is 48.5 Å². The van der Waals surface area contributed by atoms with Crippen molar-refractivity contribution >= 4 is 46.6 Å². The van der Waals surface area contributed by atoms with E-state index in [1.54, 1.807) is 24.3 Å². The molecule has 2 unspecified atom stereocenters. The lowest BCUT2D eigenvalue weighted by Crippen LogP contribution is -2.40. The molecule has 1 aromatic heterocycles. The van der Waals surface area contributed by atoms with E-state index in [4.69, 9.17) is 27.2 Å². The number of hydrogen-bond donors (Lipinski definition) is 3. The number of carboxylic acid groups (broad SMARTS) is 2. The van der Waals surface area contributed by atoms with Crippen LogP contribution in [0.5, 0.6) is 5.75 Å². The van der Waals surface area contributed by atoms with Crippen LogP contribution in [-0.4, -0.2) is 41.3 Å². The summed E-state index contributed by atoms with van der Waals surface area (Å²) in [6.45, 7) is -0.359. The number of nitriles is 1. The first-order valence-electron chi connectivity index (χ1n) is 12.3. The number of carbonyl (C=O) groups excluding carboxylic acids is 1. The molecule has 39 heavy (non-hydrogen) atoms. The van der Waals surface area contributed by atoms with Gasteiger partial charge in [0.05, 0.1) is 16.5 Å². The quantitative estimate of drug-likeness (QED) is 0.288. The van der Waals surface area contributed by atoms with Crippen LogP contribution >= 0.6 is 22.9 Å². The lowest BCUT2D eigenvalue weighted by Gasteiger charge is -2.33. The van der Waals surface area contributed by atoms with Crippen molar-refractivity contribution in [3.63, 3.8) is 0 Å². The zero-order valence-corrected chi connectivity index (χ0v) is 22.4. The third-order valence-electron chi connectivity index (χ3n) is 6.77. The van der Waals surface area contributed by atoms with Crippen molar-refractivity contribution in [3.8, 4) is 22.3 Å². The summed E-state index contributed by atoms with van der Waals surface area (Å²) in [5, 5.41) is 28.0. The minimum atomic E-state index is -1.30. The Kier molecular flexibility index (Phi) is 8.74. The summed E-state index contributed by atoms with van der Waals surface area (Å²) in [5.41, 5.74) is 8.55. The maximum absolute atomic E-state index is 12.6. The maximum Gasteiger partial charge on any atom is 0.349 e. The Balaban J connectivity index is 1.60. The van der Waals surface area contributed by atoms with Gasteiger partial charge in [0.25, 0.3) is 0 Å². The van der Waals surface area contributed by atoms with E-state index in [-0.39, 0.29) is 27.5 Å². The first-order valence-corrected chi connectivity index (χ1v) is 13.5. The molecule has 1 aliphatic rings. The van der Waals surface area contributed by atoms with E-state index in [0.29, 0.717) is 28.2 Å². The van der Waals surface area contributed by atoms with Crippen LogP contribution in [0.25, 0.3) is 10.4 Å². The van der Waals surface area contributed by atoms with Gasteiger partial charge in [0.2, 0.25) is 0 Å². The molecule has 1 fully saturated rings. The predicted molar refractivity (Wildman–Crippen MR) is 148 cm³/mol. The summed E-state index contributed by atoms with van der Waals surface area (Å²) in [5.74, 6) is -2.41. The highest BCUT2D eigenvalue weighted by molar-refractivity contribution is 7.18. The molecule has 0 spiro atoms. The second-order valence-electron chi connectivity index (χ2n) is 9.32. The van der Waals surface area contributed by atoms with Crippen molar-refractivity contribution in [2.75, 3.05) is 18.1 Å². The van der Waals surface area contributed by atoms with Crippen molar-refractivity contribution in [1.29, 1.82) is 5.26 Å². The molecular weight excluding hydrogens is 542 g/mol. The first-order chi connectivity index (χ1) is 18.7. The molecular formula is C28H26ClN3O6S. The van der Waals surface area contributed by atoms with E-state index in [1.165, 1.54) is 4.90 Å².